The molecular formula is C14H13FO2. The van der Waals surface area contributed by atoms with E-state index < -0.39 is 0 Å². The largest absolute Gasteiger partial charge is 0.497 e. The van der Waals surface area contributed by atoms with Crippen LogP contribution < -0.4 is 9.47 Å². The highest BCUT2D eigenvalue weighted by molar-refractivity contribution is 5.28. The molecule has 0 amide bonds. The van der Waals surface area contributed by atoms with E-state index in [1.807, 2.05) is 24.3 Å². The maximum Gasteiger partial charge on any atom is 0.165 e. The molecule has 3 heteroatoms. The van der Waals surface area contributed by atoms with Gasteiger partial charge in [-0.25, -0.2) is 4.39 Å². The number of rotatable bonds is 4. The molecule has 88 valence electrons. The first kappa shape index (κ1) is 11.5. The van der Waals surface area contributed by atoms with Crippen molar-refractivity contribution in [2.24, 2.45) is 0 Å². The lowest BCUT2D eigenvalue weighted by Crippen LogP contribution is -1.97. The second-order valence-electron chi connectivity index (χ2n) is 3.57. The second-order valence-corrected chi connectivity index (χ2v) is 3.57. The standard InChI is InChI=1S/C14H13FO2/c1-16-12-8-6-11(7-9-12)10-17-14-5-3-2-4-13(14)15/h2-9H,10H2,1H3. The Morgan fingerprint density at radius 3 is 2.35 bits per heavy atom. The number of benzene rings is 2. The number of para-hydroxylation sites is 1. The first-order valence-electron chi connectivity index (χ1n) is 5.30. The molecule has 0 unspecified atom stereocenters. The monoisotopic (exact) mass is 232 g/mol. The Kier molecular flexibility index (Phi) is 3.60. The number of methoxy groups -OCH3 is 1. The third kappa shape index (κ3) is 2.97. The van der Waals surface area contributed by atoms with Crippen molar-refractivity contribution >= 4 is 0 Å². The van der Waals surface area contributed by atoms with Gasteiger partial charge >= 0.3 is 0 Å². The van der Waals surface area contributed by atoms with Crippen molar-refractivity contribution in [3.05, 3.63) is 59.9 Å². The molecule has 0 N–H and O–H groups in total. The smallest absolute Gasteiger partial charge is 0.165 e. The SMILES string of the molecule is COc1ccc(COc2ccccc2F)cc1. The van der Waals surface area contributed by atoms with Gasteiger partial charge in [0.2, 0.25) is 0 Å². The molecule has 0 fully saturated rings. The second kappa shape index (κ2) is 5.34. The molecule has 0 saturated carbocycles. The third-order valence-corrected chi connectivity index (χ3v) is 2.39. The van der Waals surface area contributed by atoms with Crippen molar-refractivity contribution in [2.75, 3.05) is 7.11 Å². The van der Waals surface area contributed by atoms with Crippen LogP contribution in [0, 0.1) is 5.82 Å². The molecule has 0 aliphatic carbocycles. The van der Waals surface area contributed by atoms with Crippen molar-refractivity contribution in [1.29, 1.82) is 0 Å². The van der Waals surface area contributed by atoms with E-state index in [0.29, 0.717) is 6.61 Å². The van der Waals surface area contributed by atoms with Crippen molar-refractivity contribution in [2.45, 2.75) is 6.61 Å². The summed E-state index contributed by atoms with van der Waals surface area (Å²) in [5.74, 6) is 0.712. The van der Waals surface area contributed by atoms with Crippen LogP contribution >= 0.6 is 0 Å². The topological polar surface area (TPSA) is 18.5 Å². The van der Waals surface area contributed by atoms with Crippen LogP contribution in [0.5, 0.6) is 11.5 Å². The highest BCUT2D eigenvalue weighted by Gasteiger charge is 2.01. The third-order valence-electron chi connectivity index (χ3n) is 2.39. The van der Waals surface area contributed by atoms with E-state index in [2.05, 4.69) is 0 Å². The number of hydrogen-bond acceptors (Lipinski definition) is 2. The van der Waals surface area contributed by atoms with E-state index in [1.165, 1.54) is 6.07 Å². The van der Waals surface area contributed by atoms with Gasteiger partial charge in [0, 0.05) is 0 Å². The Hall–Kier alpha value is -2.03. The molecule has 0 atom stereocenters. The minimum atomic E-state index is -0.346. The average molecular weight is 232 g/mol. The lowest BCUT2D eigenvalue weighted by atomic mass is 10.2. The fourth-order valence-electron chi connectivity index (χ4n) is 1.44. The van der Waals surface area contributed by atoms with Gasteiger partial charge in [-0.2, -0.15) is 0 Å². The van der Waals surface area contributed by atoms with Gasteiger partial charge in [-0.3, -0.25) is 0 Å². The number of hydrogen-bond donors (Lipinski definition) is 0. The van der Waals surface area contributed by atoms with Crippen LogP contribution in [0.1, 0.15) is 5.56 Å². The van der Waals surface area contributed by atoms with E-state index in [9.17, 15) is 4.39 Å². The van der Waals surface area contributed by atoms with Gasteiger partial charge in [0.25, 0.3) is 0 Å². The number of ether oxygens (including phenoxy) is 2. The van der Waals surface area contributed by atoms with Gasteiger partial charge in [0.05, 0.1) is 7.11 Å². The maximum absolute atomic E-state index is 13.3. The molecule has 0 saturated heterocycles. The summed E-state index contributed by atoms with van der Waals surface area (Å²) in [4.78, 5) is 0. The molecule has 2 aromatic rings. The summed E-state index contributed by atoms with van der Waals surface area (Å²) in [5.41, 5.74) is 0.967. The zero-order valence-electron chi connectivity index (χ0n) is 9.52. The van der Waals surface area contributed by atoms with Crippen LogP contribution in [0.25, 0.3) is 0 Å². The normalized spacial score (nSPS) is 10.0. The Balaban J connectivity index is 2.00. The van der Waals surface area contributed by atoms with E-state index in [-0.39, 0.29) is 11.6 Å². The average Bonchev–Trinajstić information content (AvgIpc) is 2.38. The molecule has 0 aliphatic heterocycles. The summed E-state index contributed by atoms with van der Waals surface area (Å²) in [6, 6.07) is 13.8. The molecule has 17 heavy (non-hydrogen) atoms. The van der Waals surface area contributed by atoms with Gasteiger partial charge in [-0.15, -0.1) is 0 Å². The van der Waals surface area contributed by atoms with Crippen molar-refractivity contribution in [3.63, 3.8) is 0 Å². The Bertz CT molecular complexity index is 480. The van der Waals surface area contributed by atoms with Gasteiger partial charge in [-0.05, 0) is 29.8 Å². The lowest BCUT2D eigenvalue weighted by molar-refractivity contribution is 0.290. The summed E-state index contributed by atoms with van der Waals surface area (Å²) in [6.07, 6.45) is 0. The predicted octanol–water partition coefficient (Wildman–Crippen LogP) is 3.41. The molecule has 0 radical (unpaired) electrons. The van der Waals surface area contributed by atoms with Crippen LogP contribution in [-0.2, 0) is 6.61 Å². The van der Waals surface area contributed by atoms with Gasteiger partial charge in [0.1, 0.15) is 12.4 Å². The van der Waals surface area contributed by atoms with Gasteiger partial charge < -0.3 is 9.47 Å². The quantitative estimate of drug-likeness (QED) is 0.804. The molecule has 0 bridgehead atoms. The Morgan fingerprint density at radius 1 is 1.00 bits per heavy atom. The molecule has 2 rings (SSSR count). The van der Waals surface area contributed by atoms with Crippen LogP contribution in [-0.4, -0.2) is 7.11 Å². The minimum Gasteiger partial charge on any atom is -0.497 e. The highest BCUT2D eigenvalue weighted by atomic mass is 19.1. The molecular weight excluding hydrogens is 219 g/mol. The van der Waals surface area contributed by atoms with E-state index in [1.54, 1.807) is 25.3 Å². The van der Waals surface area contributed by atoms with E-state index >= 15 is 0 Å². The fourth-order valence-corrected chi connectivity index (χ4v) is 1.44. The minimum absolute atomic E-state index is 0.267. The van der Waals surface area contributed by atoms with Crippen LogP contribution in [0.3, 0.4) is 0 Å². The van der Waals surface area contributed by atoms with Crippen molar-refractivity contribution < 1.29 is 13.9 Å². The zero-order chi connectivity index (χ0) is 12.1. The van der Waals surface area contributed by atoms with Crippen molar-refractivity contribution in [1.82, 2.24) is 0 Å². The summed E-state index contributed by atoms with van der Waals surface area (Å²) in [6.45, 7) is 0.338. The summed E-state index contributed by atoms with van der Waals surface area (Å²) < 4.78 is 23.7. The van der Waals surface area contributed by atoms with E-state index in [4.69, 9.17) is 9.47 Å². The van der Waals surface area contributed by atoms with Crippen molar-refractivity contribution in [3.8, 4) is 11.5 Å². The number of halogens is 1. The highest BCUT2D eigenvalue weighted by Crippen LogP contribution is 2.18. The van der Waals surface area contributed by atoms with Gasteiger partial charge in [-0.1, -0.05) is 24.3 Å². The van der Waals surface area contributed by atoms with Crippen LogP contribution in [0.2, 0.25) is 0 Å². The van der Waals surface area contributed by atoms with Crippen LogP contribution in [0.4, 0.5) is 4.39 Å². The summed E-state index contributed by atoms with van der Waals surface area (Å²) in [7, 11) is 1.62. The Morgan fingerprint density at radius 2 is 1.71 bits per heavy atom. The molecule has 2 nitrogen and oxygen atoms in total. The first-order valence-corrected chi connectivity index (χ1v) is 5.30. The molecule has 0 heterocycles. The molecule has 0 spiro atoms. The lowest BCUT2D eigenvalue weighted by Gasteiger charge is -2.07. The van der Waals surface area contributed by atoms with E-state index in [0.717, 1.165) is 11.3 Å². The molecule has 2 aromatic carbocycles. The predicted molar refractivity (Wildman–Crippen MR) is 63.7 cm³/mol. The zero-order valence-corrected chi connectivity index (χ0v) is 9.52. The Labute approximate surface area is 99.6 Å². The molecule has 0 aromatic heterocycles. The first-order chi connectivity index (χ1) is 8.29. The summed E-state index contributed by atoms with van der Waals surface area (Å²) in [5, 5.41) is 0. The molecule has 0 aliphatic rings. The van der Waals surface area contributed by atoms with Crippen LogP contribution in [0.15, 0.2) is 48.5 Å². The fraction of sp³-hybridized carbons (Fsp3) is 0.143. The summed E-state index contributed by atoms with van der Waals surface area (Å²) >= 11 is 0. The van der Waals surface area contributed by atoms with Gasteiger partial charge in [0.15, 0.2) is 11.6 Å². The maximum atomic E-state index is 13.3.